The Labute approximate surface area is 193 Å². The maximum absolute atomic E-state index is 5.75. The molecule has 2 unspecified atom stereocenters. The van der Waals surface area contributed by atoms with Crippen LogP contribution in [0.15, 0.2) is 29.3 Å². The number of halogens is 1. The number of guanidine groups is 1. The Morgan fingerprint density at radius 2 is 2.00 bits per heavy atom. The molecule has 2 N–H and O–H groups in total. The number of hydrogen-bond donors (Lipinski definition) is 2. The first-order valence-corrected chi connectivity index (χ1v) is 10.5. The zero-order valence-corrected chi connectivity index (χ0v) is 20.6. The van der Waals surface area contributed by atoms with E-state index in [0.717, 1.165) is 57.3 Å². The van der Waals surface area contributed by atoms with E-state index in [1.807, 2.05) is 12.1 Å². The molecule has 0 aromatic heterocycles. The van der Waals surface area contributed by atoms with Crippen LogP contribution in [0.3, 0.4) is 0 Å². The zero-order valence-electron chi connectivity index (χ0n) is 18.3. The van der Waals surface area contributed by atoms with Crippen molar-refractivity contribution in [3.8, 4) is 5.75 Å². The topological polar surface area (TPSA) is 64.1 Å². The van der Waals surface area contributed by atoms with Gasteiger partial charge in [0.15, 0.2) is 5.96 Å². The van der Waals surface area contributed by atoms with Crippen molar-refractivity contribution in [2.45, 2.75) is 52.2 Å². The molecule has 1 aromatic rings. The van der Waals surface area contributed by atoms with Gasteiger partial charge < -0.3 is 24.8 Å². The second-order valence-electron chi connectivity index (χ2n) is 7.70. The van der Waals surface area contributed by atoms with Crippen LogP contribution in [-0.2, 0) is 9.47 Å². The maximum Gasteiger partial charge on any atom is 0.191 e. The summed E-state index contributed by atoms with van der Waals surface area (Å²) in [7, 11) is 1.79. The second-order valence-corrected chi connectivity index (χ2v) is 7.70. The molecule has 1 aliphatic heterocycles. The van der Waals surface area contributed by atoms with Crippen LogP contribution in [0.1, 0.15) is 51.6 Å². The molecule has 7 heteroatoms. The average Bonchev–Trinajstić information content (AvgIpc) is 3.21. The monoisotopic (exact) mass is 519 g/mol. The van der Waals surface area contributed by atoms with Crippen LogP contribution >= 0.6 is 24.0 Å². The van der Waals surface area contributed by atoms with Gasteiger partial charge in [-0.25, -0.2) is 0 Å². The third-order valence-electron chi connectivity index (χ3n) is 4.63. The first-order valence-electron chi connectivity index (χ1n) is 10.5. The lowest BCUT2D eigenvalue weighted by Crippen LogP contribution is -2.39. The summed E-state index contributed by atoms with van der Waals surface area (Å²) in [5.74, 6) is 2.23. The van der Waals surface area contributed by atoms with Gasteiger partial charge in [0.1, 0.15) is 5.75 Å². The summed E-state index contributed by atoms with van der Waals surface area (Å²) in [5, 5.41) is 6.77. The fourth-order valence-corrected chi connectivity index (χ4v) is 2.97. The Bertz CT molecular complexity index is 575. The van der Waals surface area contributed by atoms with Gasteiger partial charge in [-0.15, -0.1) is 24.0 Å². The minimum absolute atomic E-state index is 0. The number of benzene rings is 1. The van der Waals surface area contributed by atoms with Gasteiger partial charge in [-0.2, -0.15) is 0 Å². The molecule has 0 saturated carbocycles. The van der Waals surface area contributed by atoms with Crippen LogP contribution < -0.4 is 15.4 Å². The summed E-state index contributed by atoms with van der Waals surface area (Å²) in [5.41, 5.74) is 1.19. The molecule has 0 spiro atoms. The molecule has 1 heterocycles. The molecule has 1 aliphatic rings. The molecule has 1 saturated heterocycles. The summed E-state index contributed by atoms with van der Waals surface area (Å²) in [4.78, 5) is 4.31. The molecule has 2 atom stereocenters. The van der Waals surface area contributed by atoms with E-state index in [9.17, 15) is 0 Å². The van der Waals surface area contributed by atoms with Crippen molar-refractivity contribution in [3.63, 3.8) is 0 Å². The Hall–Kier alpha value is -1.06. The standard InChI is InChI=1S/C22H37N3O3.HI/c1-17(2)15-28-20-10-8-19(9-11-20)18(3)25-22(23-4)24-12-6-13-26-16-21-7-5-14-27-21;/h8-11,17-18,21H,5-7,12-16H2,1-4H3,(H2,23,24,25);1H. The average molecular weight is 519 g/mol. The minimum Gasteiger partial charge on any atom is -0.493 e. The smallest absolute Gasteiger partial charge is 0.191 e. The SMILES string of the molecule is CN=C(NCCCOCC1CCCO1)NC(C)c1ccc(OCC(C)C)cc1.I. The molecule has 0 aliphatic carbocycles. The van der Waals surface area contributed by atoms with Crippen LogP contribution in [0.5, 0.6) is 5.75 Å². The lowest BCUT2D eigenvalue weighted by atomic mass is 10.1. The van der Waals surface area contributed by atoms with E-state index in [4.69, 9.17) is 14.2 Å². The van der Waals surface area contributed by atoms with Crippen LogP contribution in [-0.4, -0.2) is 52.1 Å². The predicted molar refractivity (Wildman–Crippen MR) is 130 cm³/mol. The van der Waals surface area contributed by atoms with E-state index in [1.165, 1.54) is 5.56 Å². The molecular weight excluding hydrogens is 481 g/mol. The molecule has 29 heavy (non-hydrogen) atoms. The van der Waals surface area contributed by atoms with E-state index in [1.54, 1.807) is 7.05 Å². The summed E-state index contributed by atoms with van der Waals surface area (Å²) >= 11 is 0. The summed E-state index contributed by atoms with van der Waals surface area (Å²) < 4.78 is 17.0. The highest BCUT2D eigenvalue weighted by Gasteiger charge is 2.15. The van der Waals surface area contributed by atoms with Crippen molar-refractivity contribution in [1.29, 1.82) is 0 Å². The maximum atomic E-state index is 5.75. The molecule has 6 nitrogen and oxygen atoms in total. The predicted octanol–water partition coefficient (Wildman–Crippen LogP) is 4.15. The number of hydrogen-bond acceptors (Lipinski definition) is 4. The van der Waals surface area contributed by atoms with Crippen molar-refractivity contribution in [3.05, 3.63) is 29.8 Å². The number of aliphatic imine (C=N–C) groups is 1. The van der Waals surface area contributed by atoms with E-state index < -0.39 is 0 Å². The van der Waals surface area contributed by atoms with E-state index in [2.05, 4.69) is 48.5 Å². The Morgan fingerprint density at radius 3 is 2.62 bits per heavy atom. The van der Waals surface area contributed by atoms with E-state index in [-0.39, 0.29) is 30.0 Å². The third-order valence-corrected chi connectivity index (χ3v) is 4.63. The van der Waals surface area contributed by atoms with Gasteiger partial charge >= 0.3 is 0 Å². The first-order chi connectivity index (χ1) is 13.6. The van der Waals surface area contributed by atoms with Crippen molar-refractivity contribution in [2.75, 3.05) is 40.0 Å². The number of nitrogens with zero attached hydrogens (tertiary/aromatic N) is 1. The van der Waals surface area contributed by atoms with Crippen molar-refractivity contribution in [1.82, 2.24) is 10.6 Å². The molecule has 0 bridgehead atoms. The number of rotatable bonds is 11. The lowest BCUT2D eigenvalue weighted by Gasteiger charge is -2.19. The van der Waals surface area contributed by atoms with Gasteiger partial charge in [-0.05, 0) is 49.8 Å². The van der Waals surface area contributed by atoms with Crippen LogP contribution in [0.4, 0.5) is 0 Å². The zero-order chi connectivity index (χ0) is 20.2. The van der Waals surface area contributed by atoms with Gasteiger partial charge in [0.2, 0.25) is 0 Å². The quantitative estimate of drug-likeness (QED) is 0.199. The van der Waals surface area contributed by atoms with Crippen LogP contribution in [0.2, 0.25) is 0 Å². The summed E-state index contributed by atoms with van der Waals surface area (Å²) in [6.45, 7) is 10.3. The number of ether oxygens (including phenoxy) is 3. The highest BCUT2D eigenvalue weighted by Crippen LogP contribution is 2.18. The van der Waals surface area contributed by atoms with Crippen molar-refractivity contribution >= 4 is 29.9 Å². The van der Waals surface area contributed by atoms with E-state index >= 15 is 0 Å². The normalized spacial score (nSPS) is 17.7. The first kappa shape index (κ1) is 26.0. The van der Waals surface area contributed by atoms with E-state index in [0.29, 0.717) is 18.6 Å². The fraction of sp³-hybridized carbons (Fsp3) is 0.682. The number of nitrogens with one attached hydrogen (secondary N) is 2. The van der Waals surface area contributed by atoms with Crippen molar-refractivity contribution in [2.24, 2.45) is 10.9 Å². The summed E-state index contributed by atoms with van der Waals surface area (Å²) in [6.07, 6.45) is 3.51. The van der Waals surface area contributed by atoms with Gasteiger partial charge in [-0.3, -0.25) is 4.99 Å². The molecule has 1 aromatic carbocycles. The van der Waals surface area contributed by atoms with Gasteiger partial charge in [0, 0.05) is 26.8 Å². The molecule has 1 fully saturated rings. The van der Waals surface area contributed by atoms with Crippen molar-refractivity contribution < 1.29 is 14.2 Å². The van der Waals surface area contributed by atoms with Gasteiger partial charge in [0.05, 0.1) is 25.4 Å². The molecular formula is C22H38IN3O3. The van der Waals surface area contributed by atoms with Crippen LogP contribution in [0.25, 0.3) is 0 Å². The highest BCUT2D eigenvalue weighted by atomic mass is 127. The second kappa shape index (κ2) is 14.8. The third kappa shape index (κ3) is 10.5. The Balaban J connectivity index is 0.00000420. The Kier molecular flexibility index (Phi) is 13.3. The molecule has 0 radical (unpaired) electrons. The van der Waals surface area contributed by atoms with Crippen LogP contribution in [0, 0.1) is 5.92 Å². The molecule has 166 valence electrons. The minimum atomic E-state index is 0. The Morgan fingerprint density at radius 1 is 1.24 bits per heavy atom. The summed E-state index contributed by atoms with van der Waals surface area (Å²) in [6, 6.07) is 8.40. The molecule has 0 amide bonds. The largest absolute Gasteiger partial charge is 0.493 e. The fourth-order valence-electron chi connectivity index (χ4n) is 2.97. The lowest BCUT2D eigenvalue weighted by molar-refractivity contribution is 0.0168. The van der Waals surface area contributed by atoms with Gasteiger partial charge in [0.25, 0.3) is 0 Å². The highest BCUT2D eigenvalue weighted by molar-refractivity contribution is 14.0. The van der Waals surface area contributed by atoms with Gasteiger partial charge in [-0.1, -0.05) is 26.0 Å². The molecule has 2 rings (SSSR count).